The van der Waals surface area contributed by atoms with Gasteiger partial charge in [0.05, 0.1) is 40.5 Å². The number of halogens is 1. The molecule has 3 rings (SSSR count). The van der Waals surface area contributed by atoms with Crippen molar-refractivity contribution in [2.45, 2.75) is 0 Å². The number of nitrogens with zero attached hydrogens (tertiary/aromatic N) is 2. The molecule has 0 amide bonds. The van der Waals surface area contributed by atoms with Crippen molar-refractivity contribution in [3.05, 3.63) is 51.8 Å². The first kappa shape index (κ1) is 13.7. The Kier molecular flexibility index (Phi) is 3.42. The van der Waals surface area contributed by atoms with E-state index in [2.05, 4.69) is 11.1 Å². The zero-order valence-corrected chi connectivity index (χ0v) is 12.6. The minimum Gasteiger partial charge on any atom is -0.495 e. The van der Waals surface area contributed by atoms with Crippen LogP contribution in [0.25, 0.3) is 16.7 Å². The number of hydrogen-bond acceptors (Lipinski definition) is 3. The lowest BCUT2D eigenvalue weighted by molar-refractivity contribution is 0.413. The van der Waals surface area contributed by atoms with Gasteiger partial charge in [-0.15, -0.1) is 0 Å². The maximum absolute atomic E-state index is 8.99. The Bertz CT molecular complexity index is 936. The Labute approximate surface area is 131 Å². The molecule has 0 spiro atoms. The number of fused-ring (bicyclic) bond motifs is 1. The summed E-state index contributed by atoms with van der Waals surface area (Å²) in [6.07, 6.45) is 0. The number of H-pyrrole nitrogens is 1. The molecule has 21 heavy (non-hydrogen) atoms. The van der Waals surface area contributed by atoms with Crippen LogP contribution in [0.15, 0.2) is 36.4 Å². The second-order valence-electron chi connectivity index (χ2n) is 4.40. The van der Waals surface area contributed by atoms with Crippen molar-refractivity contribution in [3.8, 4) is 17.5 Å². The first-order valence-corrected chi connectivity index (χ1v) is 6.92. The molecule has 0 fully saturated rings. The van der Waals surface area contributed by atoms with Crippen LogP contribution in [-0.4, -0.2) is 16.7 Å². The molecule has 0 unspecified atom stereocenters. The van der Waals surface area contributed by atoms with Crippen molar-refractivity contribution in [3.63, 3.8) is 0 Å². The number of aromatic amines is 1. The number of benzene rings is 2. The van der Waals surface area contributed by atoms with E-state index in [9.17, 15) is 0 Å². The second kappa shape index (κ2) is 5.24. The Morgan fingerprint density at radius 3 is 2.86 bits per heavy atom. The molecule has 1 aromatic heterocycles. The van der Waals surface area contributed by atoms with E-state index in [4.69, 9.17) is 33.8 Å². The molecule has 1 heterocycles. The molecule has 0 aliphatic rings. The van der Waals surface area contributed by atoms with Crippen LogP contribution in [0.5, 0.6) is 5.75 Å². The summed E-state index contributed by atoms with van der Waals surface area (Å²) < 4.78 is 7.71. The minimum absolute atomic E-state index is 0.515. The third-order valence-corrected chi connectivity index (χ3v) is 3.79. The summed E-state index contributed by atoms with van der Waals surface area (Å²) in [7, 11) is 1.56. The summed E-state index contributed by atoms with van der Waals surface area (Å²) in [5.74, 6) is 0.561. The lowest BCUT2D eigenvalue weighted by atomic mass is 10.2. The number of nitrogens with one attached hydrogen (secondary N) is 1. The van der Waals surface area contributed by atoms with Crippen LogP contribution < -0.4 is 4.74 Å². The van der Waals surface area contributed by atoms with Gasteiger partial charge in [0.2, 0.25) is 0 Å². The molecule has 0 radical (unpaired) electrons. The number of methoxy groups -OCH3 is 1. The summed E-state index contributed by atoms with van der Waals surface area (Å²) in [5, 5.41) is 9.58. The number of ether oxygens (including phenoxy) is 1. The Morgan fingerprint density at radius 1 is 1.33 bits per heavy atom. The summed E-state index contributed by atoms with van der Waals surface area (Å²) in [6.45, 7) is 0. The smallest absolute Gasteiger partial charge is 0.182 e. The average molecular weight is 316 g/mol. The van der Waals surface area contributed by atoms with Gasteiger partial charge in [-0.3, -0.25) is 4.57 Å². The highest BCUT2D eigenvalue weighted by Gasteiger charge is 2.14. The lowest BCUT2D eigenvalue weighted by Crippen LogP contribution is -1.99. The predicted octanol–water partition coefficient (Wildman–Crippen LogP) is 4.22. The molecule has 0 saturated heterocycles. The molecule has 1 N–H and O–H groups in total. The van der Waals surface area contributed by atoms with Crippen LogP contribution in [0.3, 0.4) is 0 Å². The average Bonchev–Trinajstić information content (AvgIpc) is 2.84. The number of nitriles is 1. The molecule has 2 aromatic carbocycles. The van der Waals surface area contributed by atoms with Gasteiger partial charge in [0.1, 0.15) is 5.75 Å². The minimum atomic E-state index is 0.515. The zero-order valence-electron chi connectivity index (χ0n) is 11.1. The van der Waals surface area contributed by atoms with Crippen molar-refractivity contribution in [1.29, 1.82) is 5.26 Å². The third kappa shape index (κ3) is 2.19. The molecular weight excluding hydrogens is 306 g/mol. The normalized spacial score (nSPS) is 10.5. The zero-order chi connectivity index (χ0) is 15.0. The Hall–Kier alpha value is -2.29. The van der Waals surface area contributed by atoms with Gasteiger partial charge in [0.25, 0.3) is 0 Å². The molecule has 3 aromatic rings. The van der Waals surface area contributed by atoms with Gasteiger partial charge in [-0.25, -0.2) is 0 Å². The van der Waals surface area contributed by atoms with Crippen LogP contribution in [-0.2, 0) is 0 Å². The Balaban J connectivity index is 2.39. The molecule has 6 heteroatoms. The lowest BCUT2D eigenvalue weighted by Gasteiger charge is -2.11. The maximum atomic E-state index is 8.99. The van der Waals surface area contributed by atoms with Crippen molar-refractivity contribution in [1.82, 2.24) is 9.55 Å². The van der Waals surface area contributed by atoms with Crippen molar-refractivity contribution in [2.24, 2.45) is 0 Å². The van der Waals surface area contributed by atoms with Gasteiger partial charge >= 0.3 is 0 Å². The number of para-hydroxylation sites is 1. The van der Waals surface area contributed by atoms with Crippen LogP contribution >= 0.6 is 23.8 Å². The molecule has 0 atom stereocenters. The molecule has 0 aliphatic carbocycles. The number of rotatable bonds is 2. The molecular formula is C15H10ClN3OS. The van der Waals surface area contributed by atoms with Gasteiger partial charge in [-0.05, 0) is 36.5 Å². The van der Waals surface area contributed by atoms with Gasteiger partial charge in [0.15, 0.2) is 4.77 Å². The first-order valence-electron chi connectivity index (χ1n) is 6.13. The standard InChI is InChI=1S/C15H10ClN3OS/c1-20-13-7-9(8-17)5-6-12(13)19-14-10(16)3-2-4-11(14)18-15(19)21/h2-7H,1H3,(H,18,21). The second-order valence-corrected chi connectivity index (χ2v) is 5.19. The third-order valence-electron chi connectivity index (χ3n) is 3.20. The molecule has 4 nitrogen and oxygen atoms in total. The molecule has 104 valence electrons. The quantitative estimate of drug-likeness (QED) is 0.720. The van der Waals surface area contributed by atoms with Crippen molar-refractivity contribution in [2.75, 3.05) is 7.11 Å². The number of aromatic nitrogens is 2. The summed E-state index contributed by atoms with van der Waals surface area (Å²) in [4.78, 5) is 3.12. The number of imidazole rings is 1. The molecule has 0 bridgehead atoms. The van der Waals surface area contributed by atoms with Crippen LogP contribution in [0.2, 0.25) is 5.02 Å². The van der Waals surface area contributed by atoms with Crippen LogP contribution in [0.4, 0.5) is 0 Å². The molecule has 0 saturated carbocycles. The molecule has 0 aliphatic heterocycles. The van der Waals surface area contributed by atoms with Crippen molar-refractivity contribution >= 4 is 34.9 Å². The first-order chi connectivity index (χ1) is 10.2. The van der Waals surface area contributed by atoms with Gasteiger partial charge in [-0.1, -0.05) is 17.7 Å². The van der Waals surface area contributed by atoms with Crippen molar-refractivity contribution < 1.29 is 4.74 Å². The SMILES string of the molecule is COc1cc(C#N)ccc1-n1c(=S)[nH]c2cccc(Cl)c21. The highest BCUT2D eigenvalue weighted by molar-refractivity contribution is 7.71. The maximum Gasteiger partial charge on any atom is 0.182 e. The fourth-order valence-corrected chi connectivity index (χ4v) is 2.84. The van der Waals surface area contributed by atoms with Gasteiger partial charge < -0.3 is 9.72 Å². The summed E-state index contributed by atoms with van der Waals surface area (Å²) in [5.41, 5.74) is 2.89. The van der Waals surface area contributed by atoms with E-state index in [0.29, 0.717) is 21.1 Å². The largest absolute Gasteiger partial charge is 0.495 e. The highest BCUT2D eigenvalue weighted by atomic mass is 35.5. The monoisotopic (exact) mass is 315 g/mol. The van der Waals surface area contributed by atoms with E-state index in [1.807, 2.05) is 16.7 Å². The van der Waals surface area contributed by atoms with E-state index in [-0.39, 0.29) is 0 Å². The van der Waals surface area contributed by atoms with E-state index >= 15 is 0 Å². The van der Waals surface area contributed by atoms with E-state index < -0.39 is 0 Å². The van der Waals surface area contributed by atoms with Gasteiger partial charge in [-0.2, -0.15) is 5.26 Å². The summed E-state index contributed by atoms with van der Waals surface area (Å²) in [6, 6.07) is 12.8. The summed E-state index contributed by atoms with van der Waals surface area (Å²) >= 11 is 11.7. The number of hydrogen-bond donors (Lipinski definition) is 1. The van der Waals surface area contributed by atoms with Crippen LogP contribution in [0, 0.1) is 16.1 Å². The predicted molar refractivity (Wildman–Crippen MR) is 84.7 cm³/mol. The van der Waals surface area contributed by atoms with Gasteiger partial charge in [0, 0.05) is 6.07 Å². The highest BCUT2D eigenvalue weighted by Crippen LogP contribution is 2.31. The van der Waals surface area contributed by atoms with E-state index in [1.54, 1.807) is 31.4 Å². The fourth-order valence-electron chi connectivity index (χ4n) is 2.28. The Morgan fingerprint density at radius 2 is 2.14 bits per heavy atom. The van der Waals surface area contributed by atoms with E-state index in [1.165, 1.54) is 0 Å². The van der Waals surface area contributed by atoms with Crippen LogP contribution in [0.1, 0.15) is 5.56 Å². The van der Waals surface area contributed by atoms with E-state index in [0.717, 1.165) is 16.7 Å². The fraction of sp³-hybridized carbons (Fsp3) is 0.0667. The topological polar surface area (TPSA) is 53.7 Å².